The van der Waals surface area contributed by atoms with Crippen LogP contribution in [0.25, 0.3) is 0 Å². The number of rotatable bonds is 6. The van der Waals surface area contributed by atoms with Crippen LogP contribution in [0.4, 0.5) is 4.79 Å². The Labute approximate surface area is 98.9 Å². The SMILES string of the molecule is CC(C)CCCCOC(=O)NC1CCCC1. The molecule has 0 radical (unpaired) electrons. The van der Waals surface area contributed by atoms with Gasteiger partial charge >= 0.3 is 6.09 Å². The first-order valence-corrected chi connectivity index (χ1v) is 6.62. The number of unbranched alkanes of at least 4 members (excludes halogenated alkanes) is 1. The Bertz CT molecular complexity index is 198. The predicted octanol–water partition coefficient (Wildman–Crippen LogP) is 3.48. The molecule has 1 aliphatic carbocycles. The van der Waals surface area contributed by atoms with Gasteiger partial charge < -0.3 is 10.1 Å². The molecule has 1 amide bonds. The van der Waals surface area contributed by atoms with Gasteiger partial charge in [-0.2, -0.15) is 0 Å². The highest BCUT2D eigenvalue weighted by Crippen LogP contribution is 2.17. The second kappa shape index (κ2) is 7.53. The number of hydrogen-bond acceptors (Lipinski definition) is 2. The highest BCUT2D eigenvalue weighted by Gasteiger charge is 2.17. The maximum atomic E-state index is 11.4. The Hall–Kier alpha value is -0.730. The van der Waals surface area contributed by atoms with E-state index < -0.39 is 0 Å². The molecule has 0 heterocycles. The van der Waals surface area contributed by atoms with Gasteiger partial charge in [-0.25, -0.2) is 4.79 Å². The van der Waals surface area contributed by atoms with Crippen molar-refractivity contribution in [2.45, 2.75) is 64.8 Å². The highest BCUT2D eigenvalue weighted by atomic mass is 16.5. The first kappa shape index (κ1) is 13.3. The van der Waals surface area contributed by atoms with Crippen molar-refractivity contribution in [1.29, 1.82) is 0 Å². The van der Waals surface area contributed by atoms with Crippen LogP contribution in [0.2, 0.25) is 0 Å². The van der Waals surface area contributed by atoms with Crippen LogP contribution < -0.4 is 5.32 Å². The number of amides is 1. The van der Waals surface area contributed by atoms with Crippen molar-refractivity contribution in [3.05, 3.63) is 0 Å². The summed E-state index contributed by atoms with van der Waals surface area (Å²) in [6, 6.07) is 0.364. The molecular formula is C13H25NO2. The third kappa shape index (κ3) is 5.99. The minimum absolute atomic E-state index is 0.226. The Morgan fingerprint density at radius 3 is 2.62 bits per heavy atom. The van der Waals surface area contributed by atoms with E-state index >= 15 is 0 Å². The Kier molecular flexibility index (Phi) is 6.27. The molecule has 94 valence electrons. The van der Waals surface area contributed by atoms with Gasteiger partial charge in [-0.1, -0.05) is 33.1 Å². The van der Waals surface area contributed by atoms with Crippen molar-refractivity contribution in [3.8, 4) is 0 Å². The van der Waals surface area contributed by atoms with Gasteiger partial charge in [0.05, 0.1) is 6.61 Å². The molecule has 3 nitrogen and oxygen atoms in total. The fraction of sp³-hybridized carbons (Fsp3) is 0.923. The van der Waals surface area contributed by atoms with Gasteiger partial charge in [0.1, 0.15) is 0 Å². The molecule has 0 spiro atoms. The van der Waals surface area contributed by atoms with E-state index in [1.165, 1.54) is 19.3 Å². The van der Waals surface area contributed by atoms with Crippen LogP contribution in [-0.2, 0) is 4.74 Å². The van der Waals surface area contributed by atoms with E-state index in [0.717, 1.165) is 31.6 Å². The van der Waals surface area contributed by atoms with Crippen molar-refractivity contribution in [2.24, 2.45) is 5.92 Å². The summed E-state index contributed by atoms with van der Waals surface area (Å²) in [4.78, 5) is 11.4. The first-order chi connectivity index (χ1) is 7.68. The molecule has 1 fully saturated rings. The average Bonchev–Trinajstić information content (AvgIpc) is 2.69. The second-order valence-electron chi connectivity index (χ2n) is 5.15. The fourth-order valence-corrected chi connectivity index (χ4v) is 2.10. The van der Waals surface area contributed by atoms with Crippen LogP contribution in [0.3, 0.4) is 0 Å². The fourth-order valence-electron chi connectivity index (χ4n) is 2.10. The third-order valence-electron chi connectivity index (χ3n) is 3.09. The van der Waals surface area contributed by atoms with Gasteiger partial charge in [0.2, 0.25) is 0 Å². The zero-order chi connectivity index (χ0) is 11.8. The molecule has 16 heavy (non-hydrogen) atoms. The molecule has 0 aromatic heterocycles. The first-order valence-electron chi connectivity index (χ1n) is 6.62. The van der Waals surface area contributed by atoms with E-state index in [0.29, 0.717) is 12.6 Å². The van der Waals surface area contributed by atoms with Crippen molar-refractivity contribution in [1.82, 2.24) is 5.32 Å². The van der Waals surface area contributed by atoms with Crippen molar-refractivity contribution >= 4 is 6.09 Å². The van der Waals surface area contributed by atoms with Crippen LogP contribution in [0.15, 0.2) is 0 Å². The monoisotopic (exact) mass is 227 g/mol. The van der Waals surface area contributed by atoms with E-state index in [-0.39, 0.29) is 6.09 Å². The van der Waals surface area contributed by atoms with E-state index in [1.807, 2.05) is 0 Å². The van der Waals surface area contributed by atoms with Gasteiger partial charge in [0.15, 0.2) is 0 Å². The van der Waals surface area contributed by atoms with Gasteiger partial charge in [-0.3, -0.25) is 0 Å². The summed E-state index contributed by atoms with van der Waals surface area (Å²) >= 11 is 0. The molecular weight excluding hydrogens is 202 g/mol. The van der Waals surface area contributed by atoms with Crippen molar-refractivity contribution in [3.63, 3.8) is 0 Å². The van der Waals surface area contributed by atoms with Gasteiger partial charge in [0.25, 0.3) is 0 Å². The third-order valence-corrected chi connectivity index (χ3v) is 3.09. The lowest BCUT2D eigenvalue weighted by Crippen LogP contribution is -2.33. The molecule has 0 unspecified atom stereocenters. The lowest BCUT2D eigenvalue weighted by Gasteiger charge is -2.12. The Morgan fingerprint density at radius 1 is 1.31 bits per heavy atom. The van der Waals surface area contributed by atoms with E-state index in [2.05, 4.69) is 19.2 Å². The topological polar surface area (TPSA) is 38.3 Å². The molecule has 0 bridgehead atoms. The normalized spacial score (nSPS) is 16.7. The largest absolute Gasteiger partial charge is 0.450 e. The maximum absolute atomic E-state index is 11.4. The van der Waals surface area contributed by atoms with E-state index in [9.17, 15) is 4.79 Å². The quantitative estimate of drug-likeness (QED) is 0.705. The van der Waals surface area contributed by atoms with Crippen LogP contribution >= 0.6 is 0 Å². The smallest absolute Gasteiger partial charge is 0.407 e. The summed E-state index contributed by atoms with van der Waals surface area (Å²) in [5, 5.41) is 2.92. The number of alkyl carbamates (subject to hydrolysis) is 1. The summed E-state index contributed by atoms with van der Waals surface area (Å²) in [5.74, 6) is 0.743. The van der Waals surface area contributed by atoms with Crippen LogP contribution in [-0.4, -0.2) is 18.7 Å². The van der Waals surface area contributed by atoms with Crippen molar-refractivity contribution in [2.75, 3.05) is 6.61 Å². The number of hydrogen-bond donors (Lipinski definition) is 1. The van der Waals surface area contributed by atoms with E-state index in [4.69, 9.17) is 4.74 Å². The zero-order valence-electron chi connectivity index (χ0n) is 10.6. The predicted molar refractivity (Wildman–Crippen MR) is 65.4 cm³/mol. The lowest BCUT2D eigenvalue weighted by atomic mass is 10.1. The second-order valence-corrected chi connectivity index (χ2v) is 5.15. The Balaban J connectivity index is 1.93. The van der Waals surface area contributed by atoms with Gasteiger partial charge in [-0.05, 0) is 31.6 Å². The molecule has 3 heteroatoms. The average molecular weight is 227 g/mol. The molecule has 0 saturated heterocycles. The summed E-state index contributed by atoms with van der Waals surface area (Å²) < 4.78 is 5.14. The standard InChI is InChI=1S/C13H25NO2/c1-11(2)7-5-6-10-16-13(15)14-12-8-3-4-9-12/h11-12H,3-10H2,1-2H3,(H,14,15). The summed E-state index contributed by atoms with van der Waals surface area (Å²) in [6.45, 7) is 4.99. The summed E-state index contributed by atoms with van der Waals surface area (Å²) in [6.07, 6.45) is 7.82. The molecule has 1 N–H and O–H groups in total. The minimum Gasteiger partial charge on any atom is -0.450 e. The summed E-state index contributed by atoms with van der Waals surface area (Å²) in [7, 11) is 0. The molecule has 1 saturated carbocycles. The summed E-state index contributed by atoms with van der Waals surface area (Å²) in [5.41, 5.74) is 0. The number of carbonyl (C=O) groups excluding carboxylic acids is 1. The van der Waals surface area contributed by atoms with Crippen LogP contribution in [0.5, 0.6) is 0 Å². The van der Waals surface area contributed by atoms with Crippen LogP contribution in [0.1, 0.15) is 58.8 Å². The van der Waals surface area contributed by atoms with E-state index in [1.54, 1.807) is 0 Å². The van der Waals surface area contributed by atoms with Crippen molar-refractivity contribution < 1.29 is 9.53 Å². The maximum Gasteiger partial charge on any atom is 0.407 e. The van der Waals surface area contributed by atoms with Crippen LogP contribution in [0, 0.1) is 5.92 Å². The van der Waals surface area contributed by atoms with Gasteiger partial charge in [0, 0.05) is 6.04 Å². The minimum atomic E-state index is -0.226. The molecule has 1 aliphatic rings. The molecule has 0 aromatic rings. The lowest BCUT2D eigenvalue weighted by molar-refractivity contribution is 0.139. The van der Waals surface area contributed by atoms with Gasteiger partial charge in [-0.15, -0.1) is 0 Å². The molecule has 0 aromatic carbocycles. The zero-order valence-corrected chi connectivity index (χ0v) is 10.6. The molecule has 1 rings (SSSR count). The Morgan fingerprint density at radius 2 is 2.00 bits per heavy atom. The number of nitrogens with one attached hydrogen (secondary N) is 1. The number of ether oxygens (including phenoxy) is 1. The highest BCUT2D eigenvalue weighted by molar-refractivity contribution is 5.67. The number of carbonyl (C=O) groups is 1. The molecule has 0 atom stereocenters. The molecule has 0 aliphatic heterocycles.